The van der Waals surface area contributed by atoms with Gasteiger partial charge in [0.1, 0.15) is 5.52 Å². The first-order valence-corrected chi connectivity index (χ1v) is 7.80. The van der Waals surface area contributed by atoms with E-state index in [1.54, 1.807) is 23.1 Å². The average Bonchev–Trinajstić information content (AvgIpc) is 2.99. The molecule has 0 radical (unpaired) electrons. The normalized spacial score (nSPS) is 18.8. The second-order valence-electron chi connectivity index (χ2n) is 5.94. The summed E-state index contributed by atoms with van der Waals surface area (Å²) in [7, 11) is 1.90. The second-order valence-corrected chi connectivity index (χ2v) is 5.94. The lowest BCUT2D eigenvalue weighted by Gasteiger charge is -2.32. The van der Waals surface area contributed by atoms with Crippen LogP contribution in [0.2, 0.25) is 0 Å². The van der Waals surface area contributed by atoms with E-state index in [0.717, 1.165) is 19.4 Å². The van der Waals surface area contributed by atoms with Gasteiger partial charge in [0.25, 0.3) is 12.3 Å². The number of piperidine rings is 1. The maximum atomic E-state index is 12.8. The third kappa shape index (κ3) is 3.19. The number of fused-ring (bicyclic) bond motifs is 1. The lowest BCUT2D eigenvalue weighted by Crippen LogP contribution is -2.42. The minimum Gasteiger partial charge on any atom is -0.338 e. The van der Waals surface area contributed by atoms with Gasteiger partial charge in [-0.3, -0.25) is 4.79 Å². The molecule has 0 spiro atoms. The fourth-order valence-corrected chi connectivity index (χ4v) is 3.20. The summed E-state index contributed by atoms with van der Waals surface area (Å²) >= 11 is 0. The number of nitrogens with one attached hydrogen (secondary N) is 2. The molecule has 1 aromatic carbocycles. The van der Waals surface area contributed by atoms with Gasteiger partial charge in [-0.1, -0.05) is 6.07 Å². The molecule has 0 bridgehead atoms. The van der Waals surface area contributed by atoms with Gasteiger partial charge in [-0.15, -0.1) is 0 Å². The smallest absolute Gasteiger partial charge is 0.295 e. The highest BCUT2D eigenvalue weighted by molar-refractivity contribution is 6.04. The Labute approximate surface area is 133 Å². The SMILES string of the molecule is CNCC1CCCN(C(=O)c2cccc3[nH]c(C(F)F)nc23)C1. The number of aromatic nitrogens is 2. The number of likely N-dealkylation sites (tertiary alicyclic amines) is 1. The number of carbonyl (C=O) groups is 1. The Hall–Kier alpha value is -2.02. The monoisotopic (exact) mass is 322 g/mol. The number of aromatic amines is 1. The molecule has 23 heavy (non-hydrogen) atoms. The van der Waals surface area contributed by atoms with Gasteiger partial charge in [0.05, 0.1) is 11.1 Å². The van der Waals surface area contributed by atoms with Gasteiger partial charge in [0, 0.05) is 13.1 Å². The fourth-order valence-electron chi connectivity index (χ4n) is 3.20. The van der Waals surface area contributed by atoms with E-state index in [2.05, 4.69) is 15.3 Å². The molecule has 1 amide bonds. The molecule has 1 atom stereocenters. The third-order valence-electron chi connectivity index (χ3n) is 4.27. The molecule has 1 aliphatic heterocycles. The van der Waals surface area contributed by atoms with Crippen molar-refractivity contribution in [3.05, 3.63) is 29.6 Å². The van der Waals surface area contributed by atoms with Gasteiger partial charge in [-0.2, -0.15) is 0 Å². The van der Waals surface area contributed by atoms with E-state index in [9.17, 15) is 13.6 Å². The van der Waals surface area contributed by atoms with Crippen LogP contribution in [0.3, 0.4) is 0 Å². The number of hydrogen-bond donors (Lipinski definition) is 2. The molecule has 1 aromatic heterocycles. The summed E-state index contributed by atoms with van der Waals surface area (Å²) < 4.78 is 25.7. The molecule has 0 saturated carbocycles. The molecule has 1 fully saturated rings. The van der Waals surface area contributed by atoms with Crippen molar-refractivity contribution in [2.75, 3.05) is 26.7 Å². The molecule has 5 nitrogen and oxygen atoms in total. The van der Waals surface area contributed by atoms with Crippen LogP contribution in [-0.2, 0) is 0 Å². The first-order chi connectivity index (χ1) is 11.1. The number of rotatable bonds is 4. The van der Waals surface area contributed by atoms with E-state index in [1.165, 1.54) is 0 Å². The highest BCUT2D eigenvalue weighted by atomic mass is 19.3. The molecule has 1 aliphatic rings. The summed E-state index contributed by atoms with van der Waals surface area (Å²) in [6.45, 7) is 2.25. The van der Waals surface area contributed by atoms with Crippen molar-refractivity contribution in [1.82, 2.24) is 20.2 Å². The zero-order valence-corrected chi connectivity index (χ0v) is 13.0. The van der Waals surface area contributed by atoms with Crippen LogP contribution in [0.1, 0.15) is 35.4 Å². The summed E-state index contributed by atoms with van der Waals surface area (Å²) in [5, 5.41) is 3.14. The van der Waals surface area contributed by atoms with E-state index < -0.39 is 12.2 Å². The van der Waals surface area contributed by atoms with E-state index in [4.69, 9.17) is 0 Å². The van der Waals surface area contributed by atoms with Gasteiger partial charge in [-0.05, 0) is 44.5 Å². The lowest BCUT2D eigenvalue weighted by atomic mass is 9.97. The number of carbonyl (C=O) groups excluding carboxylic acids is 1. The first kappa shape index (κ1) is 15.9. The van der Waals surface area contributed by atoms with Crippen molar-refractivity contribution >= 4 is 16.9 Å². The predicted octanol–water partition coefficient (Wildman–Crippen LogP) is 2.57. The van der Waals surface area contributed by atoms with Crippen LogP contribution in [-0.4, -0.2) is 47.5 Å². The topological polar surface area (TPSA) is 61.0 Å². The summed E-state index contributed by atoms with van der Waals surface area (Å²) in [5.74, 6) is -0.108. The number of hydrogen-bond acceptors (Lipinski definition) is 3. The molecule has 124 valence electrons. The number of imidazole rings is 1. The zero-order chi connectivity index (χ0) is 16.4. The highest BCUT2D eigenvalue weighted by Gasteiger charge is 2.26. The molecular formula is C16H20F2N4O. The van der Waals surface area contributed by atoms with Crippen LogP contribution in [0, 0.1) is 5.92 Å². The maximum Gasteiger partial charge on any atom is 0.295 e. The molecule has 1 unspecified atom stereocenters. The van der Waals surface area contributed by atoms with Crippen LogP contribution in [0.4, 0.5) is 8.78 Å². The van der Waals surface area contributed by atoms with Crippen molar-refractivity contribution in [3.8, 4) is 0 Å². The molecule has 2 heterocycles. The Balaban J connectivity index is 1.88. The van der Waals surface area contributed by atoms with Crippen LogP contribution in [0.25, 0.3) is 11.0 Å². The number of amides is 1. The first-order valence-electron chi connectivity index (χ1n) is 7.80. The molecule has 0 aliphatic carbocycles. The van der Waals surface area contributed by atoms with Crippen LogP contribution in [0.5, 0.6) is 0 Å². The Morgan fingerprint density at radius 2 is 2.35 bits per heavy atom. The molecular weight excluding hydrogens is 302 g/mol. The van der Waals surface area contributed by atoms with Crippen molar-refractivity contribution in [2.24, 2.45) is 5.92 Å². The van der Waals surface area contributed by atoms with Gasteiger partial charge in [-0.25, -0.2) is 13.8 Å². The van der Waals surface area contributed by atoms with Crippen molar-refractivity contribution in [2.45, 2.75) is 19.3 Å². The summed E-state index contributed by atoms with van der Waals surface area (Å²) in [6.07, 6.45) is -0.635. The number of halogens is 2. The second kappa shape index (κ2) is 6.62. The Morgan fingerprint density at radius 3 is 3.09 bits per heavy atom. The van der Waals surface area contributed by atoms with E-state index in [-0.39, 0.29) is 5.91 Å². The van der Waals surface area contributed by atoms with Gasteiger partial charge in [0.2, 0.25) is 0 Å². The summed E-state index contributed by atoms with van der Waals surface area (Å²) in [4.78, 5) is 21.1. The average molecular weight is 322 g/mol. The third-order valence-corrected chi connectivity index (χ3v) is 4.27. The molecule has 2 N–H and O–H groups in total. The van der Waals surface area contributed by atoms with E-state index >= 15 is 0 Å². The lowest BCUT2D eigenvalue weighted by molar-refractivity contribution is 0.0676. The predicted molar refractivity (Wildman–Crippen MR) is 83.6 cm³/mol. The van der Waals surface area contributed by atoms with Gasteiger partial charge in [0.15, 0.2) is 5.82 Å². The molecule has 2 aromatic rings. The summed E-state index contributed by atoms with van der Waals surface area (Å²) in [6, 6.07) is 5.01. The molecule has 7 heteroatoms. The number of H-pyrrole nitrogens is 1. The van der Waals surface area contributed by atoms with Crippen molar-refractivity contribution < 1.29 is 13.6 Å². The number of nitrogens with zero attached hydrogens (tertiary/aromatic N) is 2. The number of benzene rings is 1. The fraction of sp³-hybridized carbons (Fsp3) is 0.500. The van der Waals surface area contributed by atoms with Crippen LogP contribution >= 0.6 is 0 Å². The molecule has 3 rings (SSSR count). The highest BCUT2D eigenvalue weighted by Crippen LogP contribution is 2.25. The molecule has 1 saturated heterocycles. The minimum absolute atomic E-state index is 0.135. The minimum atomic E-state index is -2.68. The standard InChI is InChI=1S/C16H20F2N4O/c1-19-8-10-4-3-7-22(9-10)16(23)11-5-2-6-12-13(11)21-15(20-12)14(17)18/h2,5-6,10,14,19H,3-4,7-9H2,1H3,(H,20,21). The van der Waals surface area contributed by atoms with Gasteiger partial charge < -0.3 is 15.2 Å². The van der Waals surface area contributed by atoms with E-state index in [0.29, 0.717) is 35.6 Å². The van der Waals surface area contributed by atoms with Crippen LogP contribution < -0.4 is 5.32 Å². The summed E-state index contributed by atoms with van der Waals surface area (Å²) in [5.41, 5.74) is 1.18. The Kier molecular flexibility index (Phi) is 4.56. The Bertz CT molecular complexity index is 698. The number of para-hydroxylation sites is 1. The van der Waals surface area contributed by atoms with Gasteiger partial charge >= 0.3 is 0 Å². The zero-order valence-electron chi connectivity index (χ0n) is 13.0. The number of alkyl halides is 2. The van der Waals surface area contributed by atoms with Crippen molar-refractivity contribution in [3.63, 3.8) is 0 Å². The largest absolute Gasteiger partial charge is 0.338 e. The van der Waals surface area contributed by atoms with Crippen LogP contribution in [0.15, 0.2) is 18.2 Å². The quantitative estimate of drug-likeness (QED) is 0.909. The Morgan fingerprint density at radius 1 is 1.52 bits per heavy atom. The maximum absolute atomic E-state index is 12.8. The van der Waals surface area contributed by atoms with Crippen molar-refractivity contribution in [1.29, 1.82) is 0 Å². The van der Waals surface area contributed by atoms with E-state index in [1.807, 2.05) is 7.05 Å².